The number of carbonyl (C=O) groups is 2. The number of benzene rings is 5. The lowest BCUT2D eigenvalue weighted by Crippen LogP contribution is -2.66. The van der Waals surface area contributed by atoms with Crippen LogP contribution in [0.4, 0.5) is 17.1 Å². The highest BCUT2D eigenvalue weighted by Crippen LogP contribution is 2.51. The quantitative estimate of drug-likeness (QED) is 0.0698. The van der Waals surface area contributed by atoms with Gasteiger partial charge in [0.2, 0.25) is 11.8 Å². The molecule has 0 spiro atoms. The largest absolute Gasteiger partial charge is 0.508 e. The van der Waals surface area contributed by atoms with Crippen LogP contribution >= 0.6 is 11.6 Å². The number of anilines is 3. The van der Waals surface area contributed by atoms with E-state index in [4.69, 9.17) is 20.8 Å². The highest BCUT2D eigenvalue weighted by Gasteiger charge is 2.58. The third-order valence-electron chi connectivity index (χ3n) is 12.6. The molecule has 1 aliphatic carbocycles. The number of rotatable bonds is 13. The molecular weight excluding hydrogens is 784 g/mol. The number of carbonyl (C=O) groups excluding carboxylic acids is 2. The van der Waals surface area contributed by atoms with E-state index in [9.17, 15) is 14.7 Å². The Hall–Kier alpha value is -5.25. The molecular formula is C51H53ClN2O5Si. The summed E-state index contributed by atoms with van der Waals surface area (Å²) in [5, 5.41) is 16.0. The predicted molar refractivity (Wildman–Crippen MR) is 245 cm³/mol. The molecule has 0 aromatic heterocycles. The van der Waals surface area contributed by atoms with Crippen molar-refractivity contribution in [2.75, 3.05) is 23.4 Å². The van der Waals surface area contributed by atoms with Gasteiger partial charge in [0.1, 0.15) is 5.75 Å². The molecule has 60 heavy (non-hydrogen) atoms. The molecule has 0 radical (unpaired) electrons. The van der Waals surface area contributed by atoms with E-state index in [1.165, 1.54) is 20.8 Å². The Balaban J connectivity index is 1.14. The minimum absolute atomic E-state index is 0.131. The monoisotopic (exact) mass is 836 g/mol. The summed E-state index contributed by atoms with van der Waals surface area (Å²) in [4.78, 5) is 30.6. The average Bonchev–Trinajstić information content (AvgIpc) is 3.78. The van der Waals surface area contributed by atoms with Crippen LogP contribution in [0, 0.1) is 17.8 Å². The number of phenols is 1. The van der Waals surface area contributed by atoms with Crippen molar-refractivity contribution in [3.63, 3.8) is 0 Å². The molecule has 2 N–H and O–H groups in total. The third-order valence-corrected chi connectivity index (χ3v) is 17.9. The first-order valence-corrected chi connectivity index (χ1v) is 23.3. The van der Waals surface area contributed by atoms with Crippen LogP contribution in [0.25, 0.3) is 6.08 Å². The number of amides is 2. The van der Waals surface area contributed by atoms with E-state index < -0.39 is 20.2 Å². The molecule has 2 fully saturated rings. The Labute approximate surface area is 359 Å². The minimum atomic E-state index is -2.94. The molecule has 8 rings (SSSR count). The maximum absolute atomic E-state index is 14.6. The zero-order chi connectivity index (χ0) is 42.0. The first-order chi connectivity index (χ1) is 29.0. The van der Waals surface area contributed by atoms with E-state index in [2.05, 4.69) is 87.6 Å². The van der Waals surface area contributed by atoms with Gasteiger partial charge in [0.15, 0.2) is 0 Å². The van der Waals surface area contributed by atoms with Gasteiger partial charge in [-0.1, -0.05) is 130 Å². The first kappa shape index (κ1) is 41.5. The van der Waals surface area contributed by atoms with Gasteiger partial charge in [0.25, 0.3) is 8.32 Å². The van der Waals surface area contributed by atoms with Gasteiger partial charge >= 0.3 is 0 Å². The van der Waals surface area contributed by atoms with Crippen LogP contribution in [0.3, 0.4) is 0 Å². The maximum atomic E-state index is 14.6. The molecule has 2 aliphatic heterocycles. The number of ether oxygens (including phenoxy) is 1. The van der Waals surface area contributed by atoms with Gasteiger partial charge in [0, 0.05) is 17.3 Å². The van der Waals surface area contributed by atoms with Gasteiger partial charge in [-0.3, -0.25) is 14.5 Å². The van der Waals surface area contributed by atoms with Gasteiger partial charge < -0.3 is 19.6 Å². The number of hydrogen-bond acceptors (Lipinski definition) is 6. The smallest absolute Gasteiger partial charge is 0.261 e. The number of aromatic hydroxyl groups is 1. The lowest BCUT2D eigenvalue weighted by molar-refractivity contribution is -0.122. The number of fused-ring (bicyclic) bond motifs is 3. The van der Waals surface area contributed by atoms with Gasteiger partial charge in [-0.15, -0.1) is 0 Å². The van der Waals surface area contributed by atoms with E-state index in [-0.39, 0.29) is 34.6 Å². The molecule has 9 heteroatoms. The highest BCUT2D eigenvalue weighted by atomic mass is 35.5. The summed E-state index contributed by atoms with van der Waals surface area (Å²) < 4.78 is 14.3. The fourth-order valence-corrected chi connectivity index (χ4v) is 14.5. The molecule has 2 saturated heterocycles. The van der Waals surface area contributed by atoms with E-state index in [0.717, 1.165) is 40.9 Å². The number of hydrogen-bond donors (Lipinski definition) is 2. The standard InChI is InChI=1S/C51H53ClN2O5Si/c1-5-34(29-35-22-27-40(55)31-45(35)52)21-28-46-47-36(32-59-60(51(2,3)4,41-17-11-7-12-18-41)42-19-13-8-14-20-42)30-43-48(44(47)33-58-46)50(57)54(49(43)56)39-25-23-38(24-26-39)53-37-15-9-6-10-16-37/h6-20,22-27,29,31,43-44,46,48,53,55H,5,21,28,30,32-33H2,1-4H3/b34-29+/t43-,44+,46-,48-/m1/s1. The Bertz CT molecular complexity index is 2360. The molecule has 5 aromatic rings. The number of para-hydroxylation sites is 1. The second-order valence-electron chi connectivity index (χ2n) is 17.2. The lowest BCUT2D eigenvalue weighted by Gasteiger charge is -2.44. The van der Waals surface area contributed by atoms with Crippen LogP contribution in [0.2, 0.25) is 10.1 Å². The zero-order valence-electron chi connectivity index (χ0n) is 34.7. The number of imide groups is 1. The molecule has 3 aliphatic rings. The van der Waals surface area contributed by atoms with Crippen molar-refractivity contribution in [1.82, 2.24) is 0 Å². The number of phenolic OH excluding ortho intramolecular Hbond substituents is 1. The Morgan fingerprint density at radius 2 is 1.47 bits per heavy atom. The molecule has 0 unspecified atom stereocenters. The Morgan fingerprint density at radius 3 is 2.07 bits per heavy atom. The molecule has 0 bridgehead atoms. The summed E-state index contributed by atoms with van der Waals surface area (Å²) in [5.41, 5.74) is 6.66. The molecule has 7 nitrogen and oxygen atoms in total. The van der Waals surface area contributed by atoms with Crippen LogP contribution in [-0.2, 0) is 18.8 Å². The fraction of sp³-hybridized carbons (Fsp3) is 0.294. The van der Waals surface area contributed by atoms with E-state index in [1.54, 1.807) is 12.1 Å². The number of nitrogens with one attached hydrogen (secondary N) is 1. The van der Waals surface area contributed by atoms with E-state index in [0.29, 0.717) is 36.8 Å². The molecule has 5 aromatic carbocycles. The van der Waals surface area contributed by atoms with Crippen molar-refractivity contribution < 1.29 is 23.9 Å². The molecule has 308 valence electrons. The summed E-state index contributed by atoms with van der Waals surface area (Å²) in [6.45, 7) is 9.65. The van der Waals surface area contributed by atoms with Crippen molar-refractivity contribution in [3.05, 3.63) is 161 Å². The SMILES string of the molecule is CC/C(=C\c1ccc(O)cc1Cl)CC[C@H]1OC[C@H]2C1=C(CO[Si](c1ccccc1)(c1ccccc1)C(C)(C)C)C[C@H]1C(=O)N(c3ccc(Nc4ccccc4)cc3)C(=O)[C@H]12. The summed E-state index contributed by atoms with van der Waals surface area (Å²) in [7, 11) is -2.94. The van der Waals surface area contributed by atoms with Crippen LogP contribution in [0.15, 0.2) is 150 Å². The number of halogens is 1. The van der Waals surface area contributed by atoms with Crippen molar-refractivity contribution in [3.8, 4) is 5.75 Å². The van der Waals surface area contributed by atoms with Crippen molar-refractivity contribution in [2.45, 2.75) is 64.5 Å². The highest BCUT2D eigenvalue weighted by molar-refractivity contribution is 6.99. The van der Waals surface area contributed by atoms with Gasteiger partial charge in [0.05, 0.1) is 41.9 Å². The van der Waals surface area contributed by atoms with Crippen molar-refractivity contribution in [1.29, 1.82) is 0 Å². The number of allylic oxidation sites excluding steroid dienone is 1. The van der Waals surface area contributed by atoms with Gasteiger partial charge in [-0.25, -0.2) is 0 Å². The van der Waals surface area contributed by atoms with Crippen LogP contribution in [0.5, 0.6) is 5.75 Å². The minimum Gasteiger partial charge on any atom is -0.508 e. The van der Waals surface area contributed by atoms with Gasteiger partial charge in [-0.05, 0) is 112 Å². The molecule has 4 atom stereocenters. The maximum Gasteiger partial charge on any atom is 0.261 e. The van der Waals surface area contributed by atoms with Crippen LogP contribution < -0.4 is 20.6 Å². The van der Waals surface area contributed by atoms with E-state index in [1.807, 2.05) is 72.8 Å². The normalized spacial score (nSPS) is 20.7. The number of nitrogens with zero attached hydrogens (tertiary/aromatic N) is 1. The Morgan fingerprint density at radius 1 is 0.850 bits per heavy atom. The first-order valence-electron chi connectivity index (χ1n) is 21.0. The predicted octanol–water partition coefficient (Wildman–Crippen LogP) is 10.5. The molecule has 2 amide bonds. The van der Waals surface area contributed by atoms with Crippen molar-refractivity contribution in [2.24, 2.45) is 17.8 Å². The second kappa shape index (κ2) is 17.4. The Kier molecular flexibility index (Phi) is 12.0. The van der Waals surface area contributed by atoms with Gasteiger partial charge in [-0.2, -0.15) is 0 Å². The summed E-state index contributed by atoms with van der Waals surface area (Å²) >= 11 is 6.52. The topological polar surface area (TPSA) is 88.1 Å². The van der Waals surface area contributed by atoms with Crippen LogP contribution in [0.1, 0.15) is 58.9 Å². The van der Waals surface area contributed by atoms with E-state index >= 15 is 0 Å². The summed E-state index contributed by atoms with van der Waals surface area (Å²) in [5.74, 6) is -1.48. The molecule has 0 saturated carbocycles. The molecule has 2 heterocycles. The fourth-order valence-electron chi connectivity index (χ4n) is 9.72. The second-order valence-corrected chi connectivity index (χ2v) is 21.9. The average molecular weight is 838 g/mol. The summed E-state index contributed by atoms with van der Waals surface area (Å²) in [6, 6.07) is 43.7. The van der Waals surface area contributed by atoms with Crippen LogP contribution in [-0.4, -0.2) is 44.6 Å². The lowest BCUT2D eigenvalue weighted by atomic mass is 9.69. The third kappa shape index (κ3) is 8.02. The zero-order valence-corrected chi connectivity index (χ0v) is 36.5. The van der Waals surface area contributed by atoms with Crippen molar-refractivity contribution >= 4 is 65.2 Å². The summed E-state index contributed by atoms with van der Waals surface area (Å²) in [6.07, 6.45) is 4.59.